The van der Waals surface area contributed by atoms with Crippen molar-refractivity contribution in [3.8, 4) is 17.0 Å². The number of nitrogens with zero attached hydrogens (tertiary/aromatic N) is 1. The van der Waals surface area contributed by atoms with E-state index < -0.39 is 17.5 Å². The van der Waals surface area contributed by atoms with Crippen molar-refractivity contribution in [3.05, 3.63) is 63.5 Å². The number of nitrogens with one attached hydrogen (secondary N) is 1. The third kappa shape index (κ3) is 4.49. The van der Waals surface area contributed by atoms with Crippen LogP contribution in [0.2, 0.25) is 10.0 Å². The Bertz CT molecular complexity index is 966. The van der Waals surface area contributed by atoms with E-state index in [4.69, 9.17) is 27.9 Å². The van der Waals surface area contributed by atoms with Gasteiger partial charge in [0.25, 0.3) is 5.91 Å². The number of rotatable bonds is 5. The number of benzene rings is 2. The average Bonchev–Trinajstić information content (AvgIpc) is 3.05. The summed E-state index contributed by atoms with van der Waals surface area (Å²) in [7, 11) is 0. The van der Waals surface area contributed by atoms with Crippen molar-refractivity contribution in [2.75, 3.05) is 11.9 Å². The highest BCUT2D eigenvalue weighted by Crippen LogP contribution is 2.28. The second-order valence-electron chi connectivity index (χ2n) is 5.08. The van der Waals surface area contributed by atoms with E-state index in [1.165, 1.54) is 12.1 Å². The van der Waals surface area contributed by atoms with Gasteiger partial charge in [0.15, 0.2) is 23.4 Å². The van der Waals surface area contributed by atoms with Gasteiger partial charge in [-0.05, 0) is 36.4 Å². The average molecular weight is 415 g/mol. The number of hydrogen-bond acceptors (Lipinski definition) is 4. The molecule has 0 aliphatic heterocycles. The molecule has 0 saturated heterocycles. The molecule has 0 bridgehead atoms. The fourth-order valence-electron chi connectivity index (χ4n) is 2.01. The van der Waals surface area contributed by atoms with Gasteiger partial charge in [-0.2, -0.15) is 0 Å². The predicted molar refractivity (Wildman–Crippen MR) is 98.1 cm³/mol. The zero-order valence-corrected chi connectivity index (χ0v) is 15.3. The Morgan fingerprint density at radius 2 is 1.96 bits per heavy atom. The summed E-state index contributed by atoms with van der Waals surface area (Å²) in [4.78, 5) is 16.1. The van der Waals surface area contributed by atoms with Crippen molar-refractivity contribution in [3.63, 3.8) is 0 Å². The Labute approximate surface area is 161 Å². The van der Waals surface area contributed by atoms with Crippen LogP contribution in [0, 0.1) is 11.6 Å². The summed E-state index contributed by atoms with van der Waals surface area (Å²) in [6.45, 7) is -0.276. The Hall–Kier alpha value is -2.22. The summed E-state index contributed by atoms with van der Waals surface area (Å²) in [6.07, 6.45) is 0. The SMILES string of the molecule is O=C(COc1ccc(Cl)cc1Cl)Nc1nc(-c2ccc(F)c(F)c2)cs1. The maximum atomic E-state index is 13.3. The van der Waals surface area contributed by atoms with Gasteiger partial charge >= 0.3 is 0 Å². The first kappa shape index (κ1) is 18.6. The number of carbonyl (C=O) groups excluding carboxylic acids is 1. The van der Waals surface area contributed by atoms with Crippen molar-refractivity contribution in [1.29, 1.82) is 0 Å². The van der Waals surface area contributed by atoms with Crippen LogP contribution in [0.4, 0.5) is 13.9 Å². The fourth-order valence-corrected chi connectivity index (χ4v) is 3.21. The van der Waals surface area contributed by atoms with Crippen LogP contribution in [0.3, 0.4) is 0 Å². The minimum Gasteiger partial charge on any atom is -0.482 e. The van der Waals surface area contributed by atoms with Crippen molar-refractivity contribution in [2.24, 2.45) is 0 Å². The molecule has 0 atom stereocenters. The van der Waals surface area contributed by atoms with E-state index in [2.05, 4.69) is 10.3 Å². The molecule has 4 nitrogen and oxygen atoms in total. The van der Waals surface area contributed by atoms with E-state index in [1.807, 2.05) is 0 Å². The molecule has 0 unspecified atom stereocenters. The molecular formula is C17H10Cl2F2N2O2S. The Balaban J connectivity index is 1.61. The van der Waals surface area contributed by atoms with E-state index >= 15 is 0 Å². The maximum absolute atomic E-state index is 13.3. The van der Waals surface area contributed by atoms with Crippen molar-refractivity contribution >= 4 is 45.6 Å². The smallest absolute Gasteiger partial charge is 0.264 e. The van der Waals surface area contributed by atoms with E-state index in [1.54, 1.807) is 17.5 Å². The molecule has 3 aromatic rings. The lowest BCUT2D eigenvalue weighted by Crippen LogP contribution is -2.20. The van der Waals surface area contributed by atoms with Gasteiger partial charge in [0.2, 0.25) is 0 Å². The van der Waals surface area contributed by atoms with Gasteiger partial charge < -0.3 is 4.74 Å². The van der Waals surface area contributed by atoms with Gasteiger partial charge in [-0.1, -0.05) is 23.2 Å². The number of hydrogen-bond donors (Lipinski definition) is 1. The number of halogens is 4. The van der Waals surface area contributed by atoms with Gasteiger partial charge in [-0.25, -0.2) is 13.8 Å². The molecule has 0 radical (unpaired) electrons. The molecule has 0 fully saturated rings. The number of ether oxygens (including phenoxy) is 1. The number of carbonyl (C=O) groups is 1. The van der Waals surface area contributed by atoms with Crippen LogP contribution >= 0.6 is 34.5 Å². The van der Waals surface area contributed by atoms with E-state index in [-0.39, 0.29) is 6.61 Å². The molecule has 1 heterocycles. The van der Waals surface area contributed by atoms with Crippen molar-refractivity contribution < 1.29 is 18.3 Å². The molecule has 1 aromatic heterocycles. The third-order valence-corrected chi connectivity index (χ3v) is 4.51. The molecule has 0 spiro atoms. The van der Waals surface area contributed by atoms with E-state index in [0.29, 0.717) is 32.2 Å². The highest BCUT2D eigenvalue weighted by Gasteiger charge is 2.11. The molecule has 3 rings (SSSR count). The van der Waals surface area contributed by atoms with Crippen LogP contribution in [0.25, 0.3) is 11.3 Å². The molecule has 0 aliphatic rings. The van der Waals surface area contributed by atoms with Crippen LogP contribution in [0.5, 0.6) is 5.75 Å². The number of anilines is 1. The molecule has 0 aliphatic carbocycles. The summed E-state index contributed by atoms with van der Waals surface area (Å²) in [5, 5.41) is 5.25. The lowest BCUT2D eigenvalue weighted by molar-refractivity contribution is -0.118. The Kier molecular flexibility index (Phi) is 5.70. The number of thiazole rings is 1. The minimum atomic E-state index is -0.964. The highest BCUT2D eigenvalue weighted by atomic mass is 35.5. The fraction of sp³-hybridized carbons (Fsp3) is 0.0588. The summed E-state index contributed by atoms with van der Waals surface area (Å²) >= 11 is 12.9. The number of amides is 1. The van der Waals surface area contributed by atoms with Gasteiger partial charge in [0.1, 0.15) is 5.75 Å². The van der Waals surface area contributed by atoms with Crippen LogP contribution in [-0.2, 0) is 4.79 Å². The van der Waals surface area contributed by atoms with Crippen molar-refractivity contribution in [2.45, 2.75) is 0 Å². The molecule has 1 N–H and O–H groups in total. The monoisotopic (exact) mass is 414 g/mol. The lowest BCUT2D eigenvalue weighted by atomic mass is 10.2. The lowest BCUT2D eigenvalue weighted by Gasteiger charge is -2.07. The zero-order chi connectivity index (χ0) is 18.7. The standard InChI is InChI=1S/C17H10Cl2F2N2O2S/c18-10-2-4-15(11(19)6-10)25-7-16(24)23-17-22-14(8-26-17)9-1-3-12(20)13(21)5-9/h1-6,8H,7H2,(H,22,23,24). The van der Waals surface area contributed by atoms with Crippen LogP contribution in [0.1, 0.15) is 0 Å². The molecule has 2 aromatic carbocycles. The van der Waals surface area contributed by atoms with Gasteiger partial charge in [-0.3, -0.25) is 10.1 Å². The highest BCUT2D eigenvalue weighted by molar-refractivity contribution is 7.14. The summed E-state index contributed by atoms with van der Waals surface area (Å²) in [5.41, 5.74) is 0.829. The van der Waals surface area contributed by atoms with E-state index in [9.17, 15) is 13.6 Å². The topological polar surface area (TPSA) is 51.2 Å². The summed E-state index contributed by atoms with van der Waals surface area (Å²) < 4.78 is 31.6. The van der Waals surface area contributed by atoms with Crippen LogP contribution < -0.4 is 10.1 Å². The molecule has 9 heteroatoms. The van der Waals surface area contributed by atoms with Crippen LogP contribution in [0.15, 0.2) is 41.8 Å². The summed E-state index contributed by atoms with van der Waals surface area (Å²) in [6, 6.07) is 8.13. The predicted octanol–water partition coefficient (Wildman–Crippen LogP) is 5.41. The quantitative estimate of drug-likeness (QED) is 0.606. The third-order valence-electron chi connectivity index (χ3n) is 3.22. The first-order chi connectivity index (χ1) is 12.4. The first-order valence-electron chi connectivity index (χ1n) is 7.21. The Morgan fingerprint density at radius 1 is 1.15 bits per heavy atom. The molecule has 1 amide bonds. The normalized spacial score (nSPS) is 10.6. The van der Waals surface area contributed by atoms with Gasteiger partial charge in [-0.15, -0.1) is 11.3 Å². The molecular weight excluding hydrogens is 405 g/mol. The van der Waals surface area contributed by atoms with Crippen molar-refractivity contribution in [1.82, 2.24) is 4.98 Å². The second kappa shape index (κ2) is 7.99. The molecule has 26 heavy (non-hydrogen) atoms. The Morgan fingerprint density at radius 3 is 2.69 bits per heavy atom. The molecule has 134 valence electrons. The summed E-state index contributed by atoms with van der Waals surface area (Å²) in [5.74, 6) is -2.01. The van der Waals surface area contributed by atoms with Gasteiger partial charge in [0.05, 0.1) is 10.7 Å². The van der Waals surface area contributed by atoms with E-state index in [0.717, 1.165) is 23.5 Å². The maximum Gasteiger partial charge on any atom is 0.264 e. The van der Waals surface area contributed by atoms with Gasteiger partial charge in [0, 0.05) is 16.0 Å². The first-order valence-corrected chi connectivity index (χ1v) is 8.84. The second-order valence-corrected chi connectivity index (χ2v) is 6.78. The number of aromatic nitrogens is 1. The minimum absolute atomic E-state index is 0.276. The largest absolute Gasteiger partial charge is 0.482 e. The molecule has 0 saturated carbocycles. The zero-order valence-electron chi connectivity index (χ0n) is 12.9. The van der Waals surface area contributed by atoms with Crippen LogP contribution in [-0.4, -0.2) is 17.5 Å².